The zero-order chi connectivity index (χ0) is 7.82. The van der Waals surface area contributed by atoms with E-state index in [1.165, 1.54) is 24.8 Å². The van der Waals surface area contributed by atoms with E-state index in [2.05, 4.69) is 13.8 Å². The Balaban J connectivity index is 3.49. The van der Waals surface area contributed by atoms with Crippen LogP contribution in [0.2, 0.25) is 0 Å². The first kappa shape index (κ1) is 9.54. The Labute approximate surface area is 64.1 Å². The number of rotatable bonds is 5. The van der Waals surface area contributed by atoms with Gasteiger partial charge >= 0.3 is 0 Å². The van der Waals surface area contributed by atoms with E-state index < -0.39 is 0 Å². The molecule has 0 radical (unpaired) electrons. The van der Waals surface area contributed by atoms with Gasteiger partial charge < -0.3 is 4.74 Å². The standard InChI is InChI=1S/C9H18O/c1-4-6-7-9(5-2)8-10-3/h8H,4-7H2,1-3H3. The van der Waals surface area contributed by atoms with Crippen LogP contribution in [-0.4, -0.2) is 7.11 Å². The Kier molecular flexibility index (Phi) is 6.35. The molecule has 0 unspecified atom stereocenters. The van der Waals surface area contributed by atoms with Crippen LogP contribution in [0.1, 0.15) is 39.5 Å². The summed E-state index contributed by atoms with van der Waals surface area (Å²) in [6.07, 6.45) is 6.73. The summed E-state index contributed by atoms with van der Waals surface area (Å²) in [6, 6.07) is 0. The van der Waals surface area contributed by atoms with Crippen LogP contribution in [-0.2, 0) is 4.74 Å². The van der Waals surface area contributed by atoms with Gasteiger partial charge in [-0.3, -0.25) is 0 Å². The number of ether oxygens (including phenoxy) is 1. The van der Waals surface area contributed by atoms with Crippen LogP contribution in [0.4, 0.5) is 0 Å². The molecule has 0 fully saturated rings. The van der Waals surface area contributed by atoms with E-state index in [9.17, 15) is 0 Å². The van der Waals surface area contributed by atoms with Gasteiger partial charge in [0, 0.05) is 0 Å². The largest absolute Gasteiger partial charge is 0.504 e. The van der Waals surface area contributed by atoms with E-state index in [1.807, 2.05) is 6.26 Å². The summed E-state index contributed by atoms with van der Waals surface area (Å²) in [5, 5.41) is 0. The molecule has 0 aromatic rings. The van der Waals surface area contributed by atoms with Gasteiger partial charge in [-0.05, 0) is 24.8 Å². The Bertz CT molecular complexity index is 94.9. The van der Waals surface area contributed by atoms with Gasteiger partial charge in [0.2, 0.25) is 0 Å². The molecule has 0 aliphatic heterocycles. The fourth-order valence-corrected chi connectivity index (χ4v) is 0.890. The molecule has 0 rings (SSSR count). The van der Waals surface area contributed by atoms with Crippen LogP contribution in [0.5, 0.6) is 0 Å². The average molecular weight is 142 g/mol. The predicted octanol–water partition coefficient (Wildman–Crippen LogP) is 3.12. The molecule has 0 aliphatic rings. The van der Waals surface area contributed by atoms with Crippen molar-refractivity contribution < 1.29 is 4.74 Å². The molecule has 0 aromatic heterocycles. The highest BCUT2D eigenvalue weighted by atomic mass is 16.5. The van der Waals surface area contributed by atoms with Crippen molar-refractivity contribution in [2.45, 2.75) is 39.5 Å². The van der Waals surface area contributed by atoms with Gasteiger partial charge in [0.15, 0.2) is 0 Å². The van der Waals surface area contributed by atoms with E-state index in [0.717, 1.165) is 6.42 Å². The molecule has 10 heavy (non-hydrogen) atoms. The SMILES string of the molecule is CCCCC(=COC)CC. The summed E-state index contributed by atoms with van der Waals surface area (Å²) in [5.41, 5.74) is 1.42. The second-order valence-electron chi connectivity index (χ2n) is 2.47. The average Bonchev–Trinajstić information content (AvgIpc) is 1.98. The lowest BCUT2D eigenvalue weighted by Gasteiger charge is -2.01. The monoisotopic (exact) mass is 142 g/mol. The Hall–Kier alpha value is -0.460. The van der Waals surface area contributed by atoms with Gasteiger partial charge in [0.05, 0.1) is 13.4 Å². The van der Waals surface area contributed by atoms with Crippen LogP contribution in [0.15, 0.2) is 11.8 Å². The molecule has 0 heterocycles. The first-order valence-electron chi connectivity index (χ1n) is 4.05. The molecule has 0 saturated carbocycles. The first-order chi connectivity index (χ1) is 4.85. The summed E-state index contributed by atoms with van der Waals surface area (Å²) >= 11 is 0. The fraction of sp³-hybridized carbons (Fsp3) is 0.778. The number of methoxy groups -OCH3 is 1. The molecule has 60 valence electrons. The summed E-state index contributed by atoms with van der Waals surface area (Å²) < 4.78 is 4.93. The number of hydrogen-bond acceptors (Lipinski definition) is 1. The summed E-state index contributed by atoms with van der Waals surface area (Å²) in [6.45, 7) is 4.38. The van der Waals surface area contributed by atoms with E-state index in [1.54, 1.807) is 7.11 Å². The normalized spacial score (nSPS) is 11.7. The van der Waals surface area contributed by atoms with Gasteiger partial charge in [-0.1, -0.05) is 20.3 Å². The van der Waals surface area contributed by atoms with Crippen LogP contribution in [0.25, 0.3) is 0 Å². The molecular formula is C9H18O. The lowest BCUT2D eigenvalue weighted by Crippen LogP contribution is -1.82. The molecule has 0 aliphatic carbocycles. The predicted molar refractivity (Wildman–Crippen MR) is 44.9 cm³/mol. The molecule has 1 nitrogen and oxygen atoms in total. The second-order valence-corrected chi connectivity index (χ2v) is 2.47. The lowest BCUT2D eigenvalue weighted by molar-refractivity contribution is 0.331. The molecule has 0 aromatic carbocycles. The minimum absolute atomic E-state index is 1.12. The van der Waals surface area contributed by atoms with Crippen molar-refractivity contribution in [1.29, 1.82) is 0 Å². The third-order valence-corrected chi connectivity index (χ3v) is 1.59. The highest BCUT2D eigenvalue weighted by Crippen LogP contribution is 2.10. The van der Waals surface area contributed by atoms with E-state index in [0.29, 0.717) is 0 Å². The van der Waals surface area contributed by atoms with Crippen molar-refractivity contribution in [2.75, 3.05) is 7.11 Å². The smallest absolute Gasteiger partial charge is 0.0816 e. The number of allylic oxidation sites excluding steroid dienone is 1. The molecule has 0 amide bonds. The molecule has 0 atom stereocenters. The quantitative estimate of drug-likeness (QED) is 0.536. The Morgan fingerprint density at radius 2 is 2.10 bits per heavy atom. The topological polar surface area (TPSA) is 9.23 Å². The van der Waals surface area contributed by atoms with E-state index in [4.69, 9.17) is 4.74 Å². The van der Waals surface area contributed by atoms with Crippen LogP contribution >= 0.6 is 0 Å². The maximum atomic E-state index is 4.93. The van der Waals surface area contributed by atoms with Crippen molar-refractivity contribution in [3.05, 3.63) is 11.8 Å². The highest BCUT2D eigenvalue weighted by Gasteiger charge is 1.92. The zero-order valence-corrected chi connectivity index (χ0v) is 7.31. The number of hydrogen-bond donors (Lipinski definition) is 0. The molecule has 1 heteroatoms. The first-order valence-corrected chi connectivity index (χ1v) is 4.05. The maximum Gasteiger partial charge on any atom is 0.0816 e. The molecular weight excluding hydrogens is 124 g/mol. The van der Waals surface area contributed by atoms with Gasteiger partial charge in [-0.25, -0.2) is 0 Å². The summed E-state index contributed by atoms with van der Waals surface area (Å²) in [5.74, 6) is 0. The van der Waals surface area contributed by atoms with Crippen LogP contribution in [0.3, 0.4) is 0 Å². The molecule has 0 N–H and O–H groups in total. The lowest BCUT2D eigenvalue weighted by atomic mass is 10.1. The Morgan fingerprint density at radius 3 is 2.50 bits per heavy atom. The van der Waals surface area contributed by atoms with Crippen LogP contribution < -0.4 is 0 Å². The molecule has 0 bridgehead atoms. The molecule has 0 saturated heterocycles. The fourth-order valence-electron chi connectivity index (χ4n) is 0.890. The second kappa shape index (κ2) is 6.66. The number of unbranched alkanes of at least 4 members (excludes halogenated alkanes) is 1. The highest BCUT2D eigenvalue weighted by molar-refractivity contribution is 4.96. The van der Waals surface area contributed by atoms with Gasteiger partial charge in [-0.2, -0.15) is 0 Å². The minimum Gasteiger partial charge on any atom is -0.504 e. The molecule has 0 spiro atoms. The van der Waals surface area contributed by atoms with Crippen molar-refractivity contribution in [3.8, 4) is 0 Å². The van der Waals surface area contributed by atoms with E-state index in [-0.39, 0.29) is 0 Å². The van der Waals surface area contributed by atoms with E-state index >= 15 is 0 Å². The van der Waals surface area contributed by atoms with Gasteiger partial charge in [0.1, 0.15) is 0 Å². The van der Waals surface area contributed by atoms with Crippen molar-refractivity contribution >= 4 is 0 Å². The van der Waals surface area contributed by atoms with Gasteiger partial charge in [-0.15, -0.1) is 0 Å². The van der Waals surface area contributed by atoms with Gasteiger partial charge in [0.25, 0.3) is 0 Å². The van der Waals surface area contributed by atoms with Crippen LogP contribution in [0, 0.1) is 0 Å². The van der Waals surface area contributed by atoms with Crippen molar-refractivity contribution in [1.82, 2.24) is 0 Å². The zero-order valence-electron chi connectivity index (χ0n) is 7.31. The maximum absolute atomic E-state index is 4.93. The third-order valence-electron chi connectivity index (χ3n) is 1.59. The summed E-state index contributed by atoms with van der Waals surface area (Å²) in [7, 11) is 1.71. The van der Waals surface area contributed by atoms with Crippen molar-refractivity contribution in [2.24, 2.45) is 0 Å². The minimum atomic E-state index is 1.12. The Morgan fingerprint density at radius 1 is 1.40 bits per heavy atom. The van der Waals surface area contributed by atoms with Crippen molar-refractivity contribution in [3.63, 3.8) is 0 Å². The third kappa shape index (κ3) is 4.42. The summed E-state index contributed by atoms with van der Waals surface area (Å²) in [4.78, 5) is 0.